The minimum atomic E-state index is -0.451. The van der Waals surface area contributed by atoms with Crippen molar-refractivity contribution in [1.82, 2.24) is 10.3 Å². The van der Waals surface area contributed by atoms with Gasteiger partial charge in [0.15, 0.2) is 0 Å². The number of aromatic nitrogens is 1. The van der Waals surface area contributed by atoms with E-state index in [9.17, 15) is 9.59 Å². The normalized spacial score (nSPS) is 9.59. The third-order valence-corrected chi connectivity index (χ3v) is 2.84. The summed E-state index contributed by atoms with van der Waals surface area (Å²) in [4.78, 5) is 27.8. The van der Waals surface area contributed by atoms with Crippen molar-refractivity contribution < 1.29 is 9.59 Å². The van der Waals surface area contributed by atoms with E-state index >= 15 is 0 Å². The van der Waals surface area contributed by atoms with Crippen molar-refractivity contribution in [2.24, 2.45) is 0 Å². The van der Waals surface area contributed by atoms with Crippen LogP contribution in [0.4, 0.5) is 5.69 Å². The average Bonchev–Trinajstić information content (AvgIpc) is 2.54. The first-order chi connectivity index (χ1) is 10.7. The van der Waals surface area contributed by atoms with E-state index in [-0.39, 0.29) is 12.3 Å². The number of hydrogen-bond acceptors (Lipinski definition) is 4. The van der Waals surface area contributed by atoms with Crippen LogP contribution in [-0.2, 0) is 11.3 Å². The molecule has 0 radical (unpaired) electrons. The fourth-order valence-corrected chi connectivity index (χ4v) is 1.83. The summed E-state index contributed by atoms with van der Waals surface area (Å²) in [7, 11) is 0. The van der Waals surface area contributed by atoms with Gasteiger partial charge in [-0.05, 0) is 24.3 Å². The maximum absolute atomic E-state index is 12.2. The predicted octanol–water partition coefficient (Wildman–Crippen LogP) is 1.86. The molecule has 0 aliphatic carbocycles. The van der Waals surface area contributed by atoms with E-state index in [1.165, 1.54) is 0 Å². The van der Waals surface area contributed by atoms with Gasteiger partial charge in [0.1, 0.15) is 6.42 Å². The standard InChI is InChI=1S/C16H14N4O2/c17-9-8-15(21)20-14-7-2-1-6-13(14)16(22)19-11-12-5-3-4-10-18-12/h1-7,10H,8,11H2,(H,19,22)(H,20,21). The number of pyridine rings is 1. The van der Waals surface area contributed by atoms with Gasteiger partial charge in [-0.25, -0.2) is 0 Å². The Hall–Kier alpha value is -3.20. The maximum atomic E-state index is 12.2. The molecule has 0 fully saturated rings. The molecule has 0 unspecified atom stereocenters. The van der Waals surface area contributed by atoms with Gasteiger partial charge in [0.05, 0.1) is 29.6 Å². The molecule has 0 atom stereocenters. The molecule has 6 nitrogen and oxygen atoms in total. The van der Waals surface area contributed by atoms with Crippen molar-refractivity contribution in [1.29, 1.82) is 5.26 Å². The highest BCUT2D eigenvalue weighted by Crippen LogP contribution is 2.15. The molecule has 0 spiro atoms. The molecule has 0 aliphatic rings. The summed E-state index contributed by atoms with van der Waals surface area (Å²) in [5, 5.41) is 13.8. The highest BCUT2D eigenvalue weighted by molar-refractivity contribution is 6.03. The van der Waals surface area contributed by atoms with Gasteiger partial charge in [0.25, 0.3) is 5.91 Å². The molecule has 2 aromatic rings. The Kier molecular flexibility index (Phi) is 5.21. The number of nitrogens with one attached hydrogen (secondary N) is 2. The third-order valence-electron chi connectivity index (χ3n) is 2.84. The summed E-state index contributed by atoms with van der Waals surface area (Å²) >= 11 is 0. The van der Waals surface area contributed by atoms with Crippen LogP contribution in [0.2, 0.25) is 0 Å². The second kappa shape index (κ2) is 7.55. The molecule has 6 heteroatoms. The Balaban J connectivity index is 2.06. The van der Waals surface area contributed by atoms with E-state index in [2.05, 4.69) is 15.6 Å². The van der Waals surface area contributed by atoms with Gasteiger partial charge in [0.2, 0.25) is 5.91 Å². The molecule has 0 aliphatic heterocycles. The Bertz CT molecular complexity index is 708. The van der Waals surface area contributed by atoms with Crippen LogP contribution in [0.3, 0.4) is 0 Å². The molecule has 2 N–H and O–H groups in total. The van der Waals surface area contributed by atoms with E-state index in [0.29, 0.717) is 17.8 Å². The molecule has 0 saturated heterocycles. The Labute approximate surface area is 127 Å². The first-order valence-electron chi connectivity index (χ1n) is 6.64. The van der Waals surface area contributed by atoms with Crippen LogP contribution in [0.5, 0.6) is 0 Å². The lowest BCUT2D eigenvalue weighted by Crippen LogP contribution is -2.25. The average molecular weight is 294 g/mol. The van der Waals surface area contributed by atoms with Crippen LogP contribution in [0.15, 0.2) is 48.7 Å². The van der Waals surface area contributed by atoms with Crippen LogP contribution < -0.4 is 10.6 Å². The molecular weight excluding hydrogens is 280 g/mol. The minimum Gasteiger partial charge on any atom is -0.346 e. The van der Waals surface area contributed by atoms with Crippen molar-refractivity contribution in [2.45, 2.75) is 13.0 Å². The molecule has 22 heavy (non-hydrogen) atoms. The third kappa shape index (κ3) is 4.15. The zero-order chi connectivity index (χ0) is 15.8. The summed E-state index contributed by atoms with van der Waals surface area (Å²) in [5.41, 5.74) is 1.45. The Morgan fingerprint density at radius 1 is 1.14 bits per heavy atom. The molecule has 0 bridgehead atoms. The lowest BCUT2D eigenvalue weighted by atomic mass is 10.1. The molecular formula is C16H14N4O2. The lowest BCUT2D eigenvalue weighted by Gasteiger charge is -2.10. The van der Waals surface area contributed by atoms with Crippen molar-refractivity contribution in [2.75, 3.05) is 5.32 Å². The Morgan fingerprint density at radius 3 is 2.64 bits per heavy atom. The minimum absolute atomic E-state index is 0.260. The molecule has 1 aromatic carbocycles. The van der Waals surface area contributed by atoms with Gasteiger partial charge in [0, 0.05) is 6.20 Å². The summed E-state index contributed by atoms with van der Waals surface area (Å²) in [5.74, 6) is -0.772. The molecule has 110 valence electrons. The first kappa shape index (κ1) is 15.2. The highest BCUT2D eigenvalue weighted by atomic mass is 16.2. The number of nitrogens with zero attached hydrogens (tertiary/aromatic N) is 2. The summed E-state index contributed by atoms with van der Waals surface area (Å²) in [6.07, 6.45) is 1.39. The van der Waals surface area contributed by atoms with Crippen LogP contribution in [0.1, 0.15) is 22.5 Å². The predicted molar refractivity (Wildman–Crippen MR) is 80.7 cm³/mol. The van der Waals surface area contributed by atoms with Crippen LogP contribution in [-0.4, -0.2) is 16.8 Å². The summed E-state index contributed by atoms with van der Waals surface area (Å²) in [6, 6.07) is 13.8. The van der Waals surface area contributed by atoms with Gasteiger partial charge in [-0.3, -0.25) is 14.6 Å². The molecule has 0 saturated carbocycles. The van der Waals surface area contributed by atoms with Gasteiger partial charge < -0.3 is 10.6 Å². The number of para-hydroxylation sites is 1. The number of nitriles is 1. The van der Waals surface area contributed by atoms with Crippen LogP contribution in [0, 0.1) is 11.3 Å². The number of carbonyl (C=O) groups is 2. The SMILES string of the molecule is N#CCC(=O)Nc1ccccc1C(=O)NCc1ccccn1. The Morgan fingerprint density at radius 2 is 1.91 bits per heavy atom. The number of rotatable bonds is 5. The van der Waals surface area contributed by atoms with E-state index in [0.717, 1.165) is 5.69 Å². The molecule has 1 aromatic heterocycles. The maximum Gasteiger partial charge on any atom is 0.253 e. The largest absolute Gasteiger partial charge is 0.346 e. The van der Waals surface area contributed by atoms with Crippen molar-refractivity contribution in [3.8, 4) is 6.07 Å². The number of carbonyl (C=O) groups excluding carboxylic acids is 2. The van der Waals surface area contributed by atoms with Gasteiger partial charge in [-0.15, -0.1) is 0 Å². The summed E-state index contributed by atoms with van der Waals surface area (Å²) < 4.78 is 0. The highest BCUT2D eigenvalue weighted by Gasteiger charge is 2.12. The van der Waals surface area contributed by atoms with E-state index in [1.54, 1.807) is 48.7 Å². The summed E-state index contributed by atoms with van der Waals surface area (Å²) in [6.45, 7) is 0.292. The zero-order valence-corrected chi connectivity index (χ0v) is 11.7. The van der Waals surface area contributed by atoms with Gasteiger partial charge in [-0.1, -0.05) is 18.2 Å². The van der Waals surface area contributed by atoms with Gasteiger partial charge in [-0.2, -0.15) is 5.26 Å². The number of benzene rings is 1. The lowest BCUT2D eigenvalue weighted by molar-refractivity contribution is -0.115. The van der Waals surface area contributed by atoms with E-state index in [1.807, 2.05) is 6.07 Å². The molecule has 2 amide bonds. The zero-order valence-electron chi connectivity index (χ0n) is 11.7. The smallest absolute Gasteiger partial charge is 0.253 e. The van der Waals surface area contributed by atoms with Crippen molar-refractivity contribution in [3.63, 3.8) is 0 Å². The van der Waals surface area contributed by atoms with Gasteiger partial charge >= 0.3 is 0 Å². The van der Waals surface area contributed by atoms with Crippen molar-refractivity contribution >= 4 is 17.5 Å². The molecule has 2 rings (SSSR count). The number of amides is 2. The van der Waals surface area contributed by atoms with E-state index in [4.69, 9.17) is 5.26 Å². The first-order valence-corrected chi connectivity index (χ1v) is 6.64. The van der Waals surface area contributed by atoms with Crippen LogP contribution >= 0.6 is 0 Å². The quantitative estimate of drug-likeness (QED) is 0.880. The fraction of sp³-hybridized carbons (Fsp3) is 0.125. The second-order valence-corrected chi connectivity index (χ2v) is 4.43. The van der Waals surface area contributed by atoms with E-state index < -0.39 is 5.91 Å². The van der Waals surface area contributed by atoms with Crippen LogP contribution in [0.25, 0.3) is 0 Å². The fourth-order valence-electron chi connectivity index (χ4n) is 1.83. The second-order valence-electron chi connectivity index (χ2n) is 4.43. The monoisotopic (exact) mass is 294 g/mol. The molecule has 1 heterocycles. The number of hydrogen-bond donors (Lipinski definition) is 2. The number of anilines is 1. The van der Waals surface area contributed by atoms with Crippen molar-refractivity contribution in [3.05, 3.63) is 59.9 Å². The topological polar surface area (TPSA) is 94.9 Å².